The number of carbonyl (C=O) groups is 1. The van der Waals surface area contributed by atoms with Crippen LogP contribution in [0.1, 0.15) is 22.8 Å². The Balaban J connectivity index is 2.25. The molecule has 0 bridgehead atoms. The average molecular weight is 372 g/mol. The third-order valence-corrected chi connectivity index (χ3v) is 4.32. The van der Waals surface area contributed by atoms with Crippen LogP contribution in [0.25, 0.3) is 10.9 Å². The zero-order valence-corrected chi connectivity index (χ0v) is 14.9. The minimum atomic E-state index is -1.17. The van der Waals surface area contributed by atoms with Crippen LogP contribution in [0.3, 0.4) is 0 Å². The molecule has 0 fully saturated rings. The summed E-state index contributed by atoms with van der Waals surface area (Å²) in [6.45, 7) is 2.30. The van der Waals surface area contributed by atoms with Crippen LogP contribution in [0.4, 0.5) is 14.5 Å². The van der Waals surface area contributed by atoms with Crippen molar-refractivity contribution in [2.24, 2.45) is 0 Å². The van der Waals surface area contributed by atoms with Crippen molar-refractivity contribution >= 4 is 22.6 Å². The van der Waals surface area contributed by atoms with Crippen molar-refractivity contribution in [3.8, 4) is 0 Å². The maximum absolute atomic E-state index is 14.6. The van der Waals surface area contributed by atoms with E-state index >= 15 is 0 Å². The Morgan fingerprint density at radius 3 is 2.56 bits per heavy atom. The van der Waals surface area contributed by atoms with Gasteiger partial charge in [-0.15, -0.1) is 0 Å². The summed E-state index contributed by atoms with van der Waals surface area (Å²) in [4.78, 5) is 24.8. The molecule has 0 saturated heterocycles. The second kappa shape index (κ2) is 7.57. The number of esters is 1. The van der Waals surface area contributed by atoms with E-state index in [1.54, 1.807) is 6.92 Å². The molecule has 0 aliphatic rings. The Morgan fingerprint density at radius 1 is 1.22 bits per heavy atom. The van der Waals surface area contributed by atoms with Gasteiger partial charge < -0.3 is 14.6 Å². The molecule has 1 heterocycles. The molecule has 5 nitrogen and oxygen atoms in total. The van der Waals surface area contributed by atoms with Gasteiger partial charge in [-0.05, 0) is 12.5 Å². The Kier molecular flexibility index (Phi) is 5.21. The van der Waals surface area contributed by atoms with Gasteiger partial charge in [-0.1, -0.05) is 30.3 Å². The SMILES string of the molecule is CCn1cc(C(=O)OC)c(=O)c2c(NCc3ccccc3)c(F)c(F)cc21. The number of aromatic nitrogens is 1. The summed E-state index contributed by atoms with van der Waals surface area (Å²) in [6, 6.07) is 10.1. The number of hydrogen-bond donors (Lipinski definition) is 1. The fraction of sp³-hybridized carbons (Fsp3) is 0.200. The summed E-state index contributed by atoms with van der Waals surface area (Å²) in [5.74, 6) is -3.08. The highest BCUT2D eigenvalue weighted by atomic mass is 19.2. The number of halogens is 2. The van der Waals surface area contributed by atoms with Crippen LogP contribution in [-0.4, -0.2) is 17.6 Å². The number of anilines is 1. The minimum absolute atomic E-state index is 0.0884. The van der Waals surface area contributed by atoms with Crippen molar-refractivity contribution in [3.63, 3.8) is 0 Å². The second-order valence-electron chi connectivity index (χ2n) is 5.93. The highest BCUT2D eigenvalue weighted by Gasteiger charge is 2.22. The molecule has 7 heteroatoms. The normalized spacial score (nSPS) is 10.8. The van der Waals surface area contributed by atoms with Crippen LogP contribution in [0, 0.1) is 11.6 Å². The van der Waals surface area contributed by atoms with Crippen molar-refractivity contribution < 1.29 is 18.3 Å². The number of hydrogen-bond acceptors (Lipinski definition) is 4. The summed E-state index contributed by atoms with van der Waals surface area (Å²) in [7, 11) is 1.15. The van der Waals surface area contributed by atoms with Gasteiger partial charge in [-0.25, -0.2) is 13.6 Å². The molecular formula is C20H18F2N2O3. The van der Waals surface area contributed by atoms with Crippen LogP contribution in [0.15, 0.2) is 47.4 Å². The van der Waals surface area contributed by atoms with E-state index in [4.69, 9.17) is 0 Å². The first kappa shape index (κ1) is 18.6. The van der Waals surface area contributed by atoms with E-state index in [9.17, 15) is 18.4 Å². The zero-order chi connectivity index (χ0) is 19.6. The van der Waals surface area contributed by atoms with E-state index in [0.29, 0.717) is 6.54 Å². The lowest BCUT2D eigenvalue weighted by Crippen LogP contribution is -2.22. The first-order valence-electron chi connectivity index (χ1n) is 8.39. The van der Waals surface area contributed by atoms with Crippen LogP contribution in [0.5, 0.6) is 0 Å². The zero-order valence-electron chi connectivity index (χ0n) is 14.9. The maximum Gasteiger partial charge on any atom is 0.343 e. The predicted molar refractivity (Wildman–Crippen MR) is 98.9 cm³/mol. The number of benzene rings is 2. The number of fused-ring (bicyclic) bond motifs is 1. The fourth-order valence-corrected chi connectivity index (χ4v) is 2.96. The van der Waals surface area contributed by atoms with Gasteiger partial charge in [0.1, 0.15) is 5.56 Å². The highest BCUT2D eigenvalue weighted by molar-refractivity contribution is 5.98. The summed E-state index contributed by atoms with van der Waals surface area (Å²) in [6.07, 6.45) is 1.30. The van der Waals surface area contributed by atoms with Gasteiger partial charge in [0.25, 0.3) is 0 Å². The Labute approximate surface area is 154 Å². The molecule has 0 radical (unpaired) electrons. The van der Waals surface area contributed by atoms with Crippen molar-refractivity contribution in [1.82, 2.24) is 4.57 Å². The summed E-state index contributed by atoms with van der Waals surface area (Å²) in [5.41, 5.74) is -0.192. The fourth-order valence-electron chi connectivity index (χ4n) is 2.96. The number of nitrogens with zero attached hydrogens (tertiary/aromatic N) is 1. The first-order chi connectivity index (χ1) is 13.0. The standard InChI is InChI=1S/C20H18F2N2O3/c1-3-24-11-13(20(26)27-2)19(25)16-15(24)9-14(21)17(22)18(16)23-10-12-7-5-4-6-8-12/h4-9,11,23H,3,10H2,1-2H3. The van der Waals surface area contributed by atoms with E-state index in [1.807, 2.05) is 30.3 Å². The van der Waals surface area contributed by atoms with E-state index < -0.39 is 23.0 Å². The van der Waals surface area contributed by atoms with Crippen molar-refractivity contribution in [2.45, 2.75) is 20.0 Å². The Morgan fingerprint density at radius 2 is 1.93 bits per heavy atom. The molecule has 27 heavy (non-hydrogen) atoms. The molecule has 0 spiro atoms. The molecule has 0 aliphatic carbocycles. The molecule has 0 saturated carbocycles. The Bertz CT molecular complexity index is 1060. The number of carbonyl (C=O) groups excluding carboxylic acids is 1. The largest absolute Gasteiger partial charge is 0.465 e. The molecular weight excluding hydrogens is 354 g/mol. The number of nitrogens with one attached hydrogen (secondary N) is 1. The molecule has 0 unspecified atom stereocenters. The Hall–Kier alpha value is -3.22. The maximum atomic E-state index is 14.6. The average Bonchev–Trinajstić information content (AvgIpc) is 2.69. The van der Waals surface area contributed by atoms with E-state index in [0.717, 1.165) is 18.7 Å². The number of methoxy groups -OCH3 is 1. The number of ether oxygens (including phenoxy) is 1. The van der Waals surface area contributed by atoms with Gasteiger partial charge in [0.05, 0.1) is 23.7 Å². The molecule has 0 amide bonds. The summed E-state index contributed by atoms with van der Waals surface area (Å²) in [5, 5.41) is 2.72. The molecule has 0 aliphatic heterocycles. The third kappa shape index (κ3) is 3.40. The topological polar surface area (TPSA) is 60.3 Å². The van der Waals surface area contributed by atoms with E-state index in [-0.39, 0.29) is 28.7 Å². The third-order valence-electron chi connectivity index (χ3n) is 4.32. The lowest BCUT2D eigenvalue weighted by atomic mass is 10.1. The van der Waals surface area contributed by atoms with Gasteiger partial charge in [0, 0.05) is 25.4 Å². The lowest BCUT2D eigenvalue weighted by molar-refractivity contribution is 0.0598. The molecule has 2 aromatic carbocycles. The van der Waals surface area contributed by atoms with Crippen molar-refractivity contribution in [2.75, 3.05) is 12.4 Å². The van der Waals surface area contributed by atoms with E-state index in [1.165, 1.54) is 10.8 Å². The molecule has 1 aromatic heterocycles. The van der Waals surface area contributed by atoms with Gasteiger partial charge in [0.2, 0.25) is 5.43 Å². The highest BCUT2D eigenvalue weighted by Crippen LogP contribution is 2.28. The van der Waals surface area contributed by atoms with Gasteiger partial charge >= 0.3 is 5.97 Å². The smallest absolute Gasteiger partial charge is 0.343 e. The first-order valence-corrected chi connectivity index (χ1v) is 8.39. The van der Waals surface area contributed by atoms with Gasteiger partial charge in [-0.3, -0.25) is 4.79 Å². The van der Waals surface area contributed by atoms with Crippen molar-refractivity contribution in [3.05, 3.63) is 75.6 Å². The van der Waals surface area contributed by atoms with Crippen LogP contribution < -0.4 is 10.7 Å². The predicted octanol–water partition coefficient (Wildman–Crippen LogP) is 3.70. The molecule has 1 N–H and O–H groups in total. The number of rotatable bonds is 5. The second-order valence-corrected chi connectivity index (χ2v) is 5.93. The van der Waals surface area contributed by atoms with Gasteiger partial charge in [-0.2, -0.15) is 0 Å². The number of pyridine rings is 1. The summed E-state index contributed by atoms with van der Waals surface area (Å²) < 4.78 is 34.9. The monoisotopic (exact) mass is 372 g/mol. The summed E-state index contributed by atoms with van der Waals surface area (Å²) >= 11 is 0. The van der Waals surface area contributed by atoms with Crippen molar-refractivity contribution in [1.29, 1.82) is 0 Å². The molecule has 3 aromatic rings. The quantitative estimate of drug-likeness (QED) is 0.694. The van der Waals surface area contributed by atoms with Crippen LogP contribution >= 0.6 is 0 Å². The number of aryl methyl sites for hydroxylation is 1. The van der Waals surface area contributed by atoms with E-state index in [2.05, 4.69) is 10.1 Å². The minimum Gasteiger partial charge on any atom is -0.465 e. The molecule has 140 valence electrons. The van der Waals surface area contributed by atoms with Gasteiger partial charge in [0.15, 0.2) is 11.6 Å². The lowest BCUT2D eigenvalue weighted by Gasteiger charge is -2.16. The molecule has 0 atom stereocenters. The van der Waals surface area contributed by atoms with Crippen LogP contribution in [0.2, 0.25) is 0 Å². The molecule has 3 rings (SSSR count). The van der Waals surface area contributed by atoms with Crippen LogP contribution in [-0.2, 0) is 17.8 Å².